The van der Waals surface area contributed by atoms with Gasteiger partial charge in [0.1, 0.15) is 11.9 Å². The molecule has 1 rings (SSSR count). The van der Waals surface area contributed by atoms with Crippen molar-refractivity contribution in [2.45, 2.75) is 6.43 Å². The number of hydrogen-bond acceptors (Lipinski definition) is 4. The van der Waals surface area contributed by atoms with Crippen LogP contribution in [-0.2, 0) is 0 Å². The Morgan fingerprint density at radius 1 is 1.67 bits per heavy atom. The van der Waals surface area contributed by atoms with Gasteiger partial charge in [-0.3, -0.25) is 0 Å². The Bertz CT molecular complexity index is 454. The molecule has 0 spiro atoms. The molecule has 5 nitrogen and oxygen atoms in total. The first-order valence-electron chi connectivity index (χ1n) is 3.69. The standard InChI is InChI=1S/C8H5F2N3O2/c9-7(10)3-1-5(12)13-6(8(14)15)4(3)2-11/h1,7H,(H2,12,13)(H,14,15). The molecule has 0 aliphatic rings. The van der Waals surface area contributed by atoms with E-state index in [1.54, 1.807) is 0 Å². The van der Waals surface area contributed by atoms with Gasteiger partial charge in [-0.1, -0.05) is 0 Å². The molecule has 15 heavy (non-hydrogen) atoms. The van der Waals surface area contributed by atoms with Crippen molar-refractivity contribution in [2.24, 2.45) is 0 Å². The van der Waals surface area contributed by atoms with E-state index in [0.717, 1.165) is 6.07 Å². The Labute approximate surface area is 82.8 Å². The molecule has 1 aromatic heterocycles. The molecular formula is C8H5F2N3O2. The lowest BCUT2D eigenvalue weighted by Gasteiger charge is -2.06. The minimum Gasteiger partial charge on any atom is -0.476 e. The maximum atomic E-state index is 12.4. The molecule has 0 atom stereocenters. The highest BCUT2D eigenvalue weighted by Gasteiger charge is 2.22. The Morgan fingerprint density at radius 3 is 2.67 bits per heavy atom. The van der Waals surface area contributed by atoms with Gasteiger partial charge in [-0.2, -0.15) is 5.26 Å². The van der Waals surface area contributed by atoms with Crippen LogP contribution in [0, 0.1) is 11.3 Å². The number of carbonyl (C=O) groups is 1. The van der Waals surface area contributed by atoms with E-state index in [4.69, 9.17) is 16.1 Å². The number of nitrogens with zero attached hydrogens (tertiary/aromatic N) is 2. The first-order chi connectivity index (χ1) is 6.97. The molecule has 0 fully saturated rings. The van der Waals surface area contributed by atoms with Gasteiger partial charge in [0.25, 0.3) is 6.43 Å². The maximum Gasteiger partial charge on any atom is 0.355 e. The van der Waals surface area contributed by atoms with Gasteiger partial charge in [-0.05, 0) is 6.07 Å². The van der Waals surface area contributed by atoms with E-state index in [-0.39, 0.29) is 5.82 Å². The predicted octanol–water partition coefficient (Wildman–Crippen LogP) is 1.17. The van der Waals surface area contributed by atoms with Crippen LogP contribution in [0.15, 0.2) is 6.07 Å². The third-order valence-corrected chi connectivity index (χ3v) is 1.62. The average molecular weight is 213 g/mol. The van der Waals surface area contributed by atoms with Crippen molar-refractivity contribution in [3.63, 3.8) is 0 Å². The van der Waals surface area contributed by atoms with Crippen LogP contribution in [0.3, 0.4) is 0 Å². The van der Waals surface area contributed by atoms with Crippen molar-refractivity contribution < 1.29 is 18.7 Å². The minimum atomic E-state index is -2.97. The van der Waals surface area contributed by atoms with Gasteiger partial charge in [0.15, 0.2) is 5.69 Å². The van der Waals surface area contributed by atoms with E-state index in [0.29, 0.717) is 0 Å². The zero-order valence-electron chi connectivity index (χ0n) is 7.24. The summed E-state index contributed by atoms with van der Waals surface area (Å²) < 4.78 is 24.8. The van der Waals surface area contributed by atoms with Crippen molar-refractivity contribution >= 4 is 11.8 Å². The number of hydrogen-bond donors (Lipinski definition) is 2. The monoisotopic (exact) mass is 213 g/mol. The number of nitriles is 1. The minimum absolute atomic E-state index is 0.360. The van der Waals surface area contributed by atoms with Crippen LogP contribution in [-0.4, -0.2) is 16.1 Å². The zero-order valence-corrected chi connectivity index (χ0v) is 7.24. The number of rotatable bonds is 2. The van der Waals surface area contributed by atoms with E-state index in [1.807, 2.05) is 0 Å². The van der Waals surface area contributed by atoms with E-state index in [1.165, 1.54) is 6.07 Å². The highest BCUT2D eigenvalue weighted by atomic mass is 19.3. The second-order valence-electron chi connectivity index (χ2n) is 2.58. The van der Waals surface area contributed by atoms with Crippen LogP contribution < -0.4 is 5.73 Å². The molecule has 0 bridgehead atoms. The topological polar surface area (TPSA) is 100 Å². The van der Waals surface area contributed by atoms with Gasteiger partial charge >= 0.3 is 5.97 Å². The van der Waals surface area contributed by atoms with Crippen molar-refractivity contribution in [3.05, 3.63) is 22.9 Å². The van der Waals surface area contributed by atoms with Crippen LogP contribution in [0.25, 0.3) is 0 Å². The molecule has 0 amide bonds. The van der Waals surface area contributed by atoms with Gasteiger partial charge in [-0.25, -0.2) is 18.6 Å². The van der Waals surface area contributed by atoms with Crippen LogP contribution in [0.4, 0.5) is 14.6 Å². The van der Waals surface area contributed by atoms with Crippen molar-refractivity contribution in [3.8, 4) is 6.07 Å². The largest absolute Gasteiger partial charge is 0.476 e. The molecule has 7 heteroatoms. The maximum absolute atomic E-state index is 12.4. The van der Waals surface area contributed by atoms with Gasteiger partial charge < -0.3 is 10.8 Å². The molecule has 1 aromatic rings. The van der Waals surface area contributed by atoms with Gasteiger partial charge in [0.2, 0.25) is 0 Å². The molecule has 0 aliphatic heterocycles. The zero-order chi connectivity index (χ0) is 11.6. The van der Waals surface area contributed by atoms with E-state index >= 15 is 0 Å². The summed E-state index contributed by atoms with van der Waals surface area (Å²) in [5, 5.41) is 17.2. The lowest BCUT2D eigenvalue weighted by Crippen LogP contribution is -2.09. The Hall–Kier alpha value is -2.23. The van der Waals surface area contributed by atoms with E-state index < -0.39 is 29.2 Å². The summed E-state index contributed by atoms with van der Waals surface area (Å²) in [6.07, 6.45) is -2.97. The van der Waals surface area contributed by atoms with Crippen molar-refractivity contribution in [1.29, 1.82) is 5.26 Å². The predicted molar refractivity (Wildman–Crippen MR) is 45.3 cm³/mol. The molecule has 0 saturated heterocycles. The number of pyridine rings is 1. The fourth-order valence-electron chi connectivity index (χ4n) is 1.03. The van der Waals surface area contributed by atoms with E-state index in [2.05, 4.69) is 4.98 Å². The summed E-state index contributed by atoms with van der Waals surface area (Å²) in [6.45, 7) is 0. The fraction of sp³-hybridized carbons (Fsp3) is 0.125. The third-order valence-electron chi connectivity index (χ3n) is 1.62. The first-order valence-corrected chi connectivity index (χ1v) is 3.69. The van der Waals surface area contributed by atoms with Gasteiger partial charge in [0.05, 0.1) is 5.56 Å². The smallest absolute Gasteiger partial charge is 0.355 e. The Kier molecular flexibility index (Phi) is 2.80. The quantitative estimate of drug-likeness (QED) is 0.767. The molecule has 0 radical (unpaired) electrons. The first kappa shape index (κ1) is 10.8. The number of nitrogen functional groups attached to an aromatic ring is 1. The van der Waals surface area contributed by atoms with Crippen LogP contribution in [0.5, 0.6) is 0 Å². The number of carboxylic acid groups (broad SMARTS) is 1. The fourth-order valence-corrected chi connectivity index (χ4v) is 1.03. The number of aromatic carboxylic acids is 1. The van der Waals surface area contributed by atoms with Crippen molar-refractivity contribution in [2.75, 3.05) is 5.73 Å². The summed E-state index contributed by atoms with van der Waals surface area (Å²) in [5.74, 6) is -1.93. The lowest BCUT2D eigenvalue weighted by atomic mass is 10.1. The number of anilines is 1. The van der Waals surface area contributed by atoms with Gasteiger partial charge in [-0.15, -0.1) is 0 Å². The number of halogens is 2. The Morgan fingerprint density at radius 2 is 2.27 bits per heavy atom. The van der Waals surface area contributed by atoms with Crippen LogP contribution >= 0.6 is 0 Å². The molecule has 78 valence electrons. The highest BCUT2D eigenvalue weighted by molar-refractivity contribution is 5.89. The normalized spacial score (nSPS) is 10.0. The molecule has 0 aromatic carbocycles. The number of alkyl halides is 2. The van der Waals surface area contributed by atoms with Crippen molar-refractivity contribution in [1.82, 2.24) is 4.98 Å². The van der Waals surface area contributed by atoms with Gasteiger partial charge in [0, 0.05) is 5.56 Å². The summed E-state index contributed by atoms with van der Waals surface area (Å²) in [5.41, 5.74) is 3.00. The Balaban J connectivity index is 3.54. The molecule has 0 unspecified atom stereocenters. The molecule has 0 aliphatic carbocycles. The summed E-state index contributed by atoms with van der Waals surface area (Å²) in [7, 11) is 0. The summed E-state index contributed by atoms with van der Waals surface area (Å²) in [6, 6.07) is 2.16. The second kappa shape index (κ2) is 3.88. The number of carboxylic acids is 1. The third kappa shape index (κ3) is 1.99. The highest BCUT2D eigenvalue weighted by Crippen LogP contribution is 2.25. The SMILES string of the molecule is N#Cc1c(C(F)F)cc(N)nc1C(=O)O. The molecule has 3 N–H and O–H groups in total. The van der Waals surface area contributed by atoms with Crippen LogP contribution in [0.1, 0.15) is 28.0 Å². The average Bonchev–Trinajstić information content (AvgIpc) is 2.16. The molecule has 1 heterocycles. The molecule has 0 saturated carbocycles. The van der Waals surface area contributed by atoms with Crippen LogP contribution in [0.2, 0.25) is 0 Å². The summed E-state index contributed by atoms with van der Waals surface area (Å²) in [4.78, 5) is 13.9. The second-order valence-corrected chi connectivity index (χ2v) is 2.58. The number of nitrogens with two attached hydrogens (primary N) is 1. The lowest BCUT2D eigenvalue weighted by molar-refractivity contribution is 0.0689. The number of aromatic nitrogens is 1. The summed E-state index contributed by atoms with van der Waals surface area (Å²) >= 11 is 0. The molecular weight excluding hydrogens is 208 g/mol. The van der Waals surface area contributed by atoms with E-state index in [9.17, 15) is 13.6 Å².